The summed E-state index contributed by atoms with van der Waals surface area (Å²) in [6.07, 6.45) is 1.35. The molecule has 32 heavy (non-hydrogen) atoms. The second kappa shape index (κ2) is 13.9. The predicted molar refractivity (Wildman–Crippen MR) is 116 cm³/mol. The Bertz CT molecular complexity index is 684. The minimum Gasteiger partial charge on any atom is -0.481 e. The zero-order chi connectivity index (χ0) is 24.3. The molecule has 0 radical (unpaired) electrons. The fourth-order valence-corrected chi connectivity index (χ4v) is 3.60. The zero-order valence-electron chi connectivity index (χ0n) is 18.1. The van der Waals surface area contributed by atoms with Gasteiger partial charge in [-0.2, -0.15) is 11.8 Å². The number of carbonyl (C=O) groups is 5. The summed E-state index contributed by atoms with van der Waals surface area (Å²) in [4.78, 5) is 59.9. The summed E-state index contributed by atoms with van der Waals surface area (Å²) < 4.78 is 0. The van der Waals surface area contributed by atoms with E-state index in [0.717, 1.165) is 6.42 Å². The van der Waals surface area contributed by atoms with Crippen LogP contribution in [0.3, 0.4) is 0 Å². The molecule has 0 aromatic rings. The van der Waals surface area contributed by atoms with Crippen molar-refractivity contribution in [2.45, 2.75) is 69.3 Å². The monoisotopic (exact) mass is 476 g/mol. The van der Waals surface area contributed by atoms with E-state index in [-0.39, 0.29) is 12.8 Å². The molecular formula is C19H32N4O8S. The van der Waals surface area contributed by atoms with Crippen LogP contribution in [0.5, 0.6) is 0 Å². The maximum atomic E-state index is 12.8. The summed E-state index contributed by atoms with van der Waals surface area (Å²) in [7, 11) is 0. The van der Waals surface area contributed by atoms with Crippen LogP contribution in [-0.4, -0.2) is 93.8 Å². The van der Waals surface area contributed by atoms with E-state index in [1.54, 1.807) is 6.26 Å². The molecule has 3 amide bonds. The second-order valence-electron chi connectivity index (χ2n) is 7.55. The molecule has 0 bridgehead atoms. The van der Waals surface area contributed by atoms with Crippen molar-refractivity contribution < 1.29 is 39.3 Å². The van der Waals surface area contributed by atoms with Crippen molar-refractivity contribution in [2.75, 3.05) is 18.6 Å². The highest BCUT2D eigenvalue weighted by atomic mass is 32.2. The molecule has 1 heterocycles. The maximum Gasteiger partial charge on any atom is 0.326 e. The molecule has 5 atom stereocenters. The number of carbonyl (C=O) groups excluding carboxylic acids is 3. The summed E-state index contributed by atoms with van der Waals surface area (Å²) in [6, 6.07) is -4.35. The Morgan fingerprint density at radius 3 is 2.19 bits per heavy atom. The first-order valence-electron chi connectivity index (χ1n) is 10.3. The highest BCUT2D eigenvalue weighted by molar-refractivity contribution is 7.98. The second-order valence-corrected chi connectivity index (χ2v) is 8.54. The number of nitrogens with one attached hydrogen (secondary N) is 4. The lowest BCUT2D eigenvalue weighted by molar-refractivity contribution is -0.143. The lowest BCUT2D eigenvalue weighted by Crippen LogP contribution is -2.59. The van der Waals surface area contributed by atoms with Gasteiger partial charge in [0.05, 0.1) is 12.1 Å². The smallest absolute Gasteiger partial charge is 0.326 e. The quantitative estimate of drug-likeness (QED) is 0.151. The van der Waals surface area contributed by atoms with E-state index in [1.807, 2.05) is 0 Å². The third-order valence-electron chi connectivity index (χ3n) is 4.94. The third kappa shape index (κ3) is 9.40. The van der Waals surface area contributed by atoms with Crippen LogP contribution < -0.4 is 21.3 Å². The SMILES string of the molecule is CSCCC(NC(=O)C(NC(=O)C1CCCN1)C(C)O)C(=O)NC(CCC(=O)O)C(=O)O. The summed E-state index contributed by atoms with van der Waals surface area (Å²) in [6.45, 7) is 2.00. The van der Waals surface area contributed by atoms with Crippen LogP contribution in [0.15, 0.2) is 0 Å². The molecular weight excluding hydrogens is 444 g/mol. The number of rotatable bonds is 14. The molecule has 1 aliphatic rings. The van der Waals surface area contributed by atoms with Crippen molar-refractivity contribution in [1.82, 2.24) is 21.3 Å². The van der Waals surface area contributed by atoms with E-state index >= 15 is 0 Å². The number of carboxylic acid groups (broad SMARTS) is 2. The van der Waals surface area contributed by atoms with E-state index in [9.17, 15) is 34.2 Å². The van der Waals surface area contributed by atoms with Crippen molar-refractivity contribution in [3.05, 3.63) is 0 Å². The molecule has 0 aliphatic carbocycles. The Hall–Kier alpha value is -2.38. The first kappa shape index (κ1) is 27.7. The molecule has 0 aromatic carbocycles. The molecule has 1 saturated heterocycles. The van der Waals surface area contributed by atoms with Crippen LogP contribution in [0.1, 0.15) is 39.0 Å². The zero-order valence-corrected chi connectivity index (χ0v) is 18.9. The Labute approximate surface area is 190 Å². The molecule has 1 fully saturated rings. The van der Waals surface area contributed by atoms with Gasteiger partial charge in [-0.25, -0.2) is 4.79 Å². The Balaban J connectivity index is 2.85. The lowest BCUT2D eigenvalue weighted by atomic mass is 10.1. The van der Waals surface area contributed by atoms with Crippen LogP contribution in [0, 0.1) is 0 Å². The molecule has 0 saturated carbocycles. The number of hydrogen-bond donors (Lipinski definition) is 7. The highest BCUT2D eigenvalue weighted by Crippen LogP contribution is 2.08. The van der Waals surface area contributed by atoms with Gasteiger partial charge < -0.3 is 36.6 Å². The van der Waals surface area contributed by atoms with Gasteiger partial charge in [0.2, 0.25) is 17.7 Å². The van der Waals surface area contributed by atoms with E-state index in [0.29, 0.717) is 18.7 Å². The number of aliphatic hydroxyl groups excluding tert-OH is 1. The van der Waals surface area contributed by atoms with Crippen molar-refractivity contribution >= 4 is 41.4 Å². The average Bonchev–Trinajstić information content (AvgIpc) is 3.26. The van der Waals surface area contributed by atoms with Crippen molar-refractivity contribution in [2.24, 2.45) is 0 Å². The standard InChI is InChI=1S/C19H32N4O8S/c1-10(24)15(23-16(27)11-4-3-8-20-11)18(29)21-12(7-9-32-2)17(28)22-13(19(30)31)5-6-14(25)26/h10-13,15,20,24H,3-9H2,1-2H3,(H,21,29)(H,22,28)(H,23,27)(H,25,26)(H,30,31). The number of aliphatic hydroxyl groups is 1. The summed E-state index contributed by atoms with van der Waals surface area (Å²) in [5.41, 5.74) is 0. The summed E-state index contributed by atoms with van der Waals surface area (Å²) in [5.74, 6) is -4.16. The highest BCUT2D eigenvalue weighted by Gasteiger charge is 2.33. The minimum atomic E-state index is -1.44. The molecule has 182 valence electrons. The van der Waals surface area contributed by atoms with Gasteiger partial charge >= 0.3 is 11.9 Å². The Morgan fingerprint density at radius 1 is 1.03 bits per heavy atom. The molecule has 13 heteroatoms. The molecule has 0 aromatic heterocycles. The summed E-state index contributed by atoms with van der Waals surface area (Å²) >= 11 is 1.40. The maximum absolute atomic E-state index is 12.8. The van der Waals surface area contributed by atoms with Crippen LogP contribution in [-0.2, 0) is 24.0 Å². The molecule has 0 spiro atoms. The van der Waals surface area contributed by atoms with Crippen molar-refractivity contribution in [1.29, 1.82) is 0 Å². The lowest BCUT2D eigenvalue weighted by Gasteiger charge is -2.26. The molecule has 1 aliphatic heterocycles. The van der Waals surface area contributed by atoms with Gasteiger partial charge in [-0.15, -0.1) is 0 Å². The van der Waals surface area contributed by atoms with E-state index in [4.69, 9.17) is 5.11 Å². The summed E-state index contributed by atoms with van der Waals surface area (Å²) in [5, 5.41) is 38.2. The molecule has 12 nitrogen and oxygen atoms in total. The molecule has 5 unspecified atom stereocenters. The molecule has 1 rings (SSSR count). The van der Waals surface area contributed by atoms with Crippen molar-refractivity contribution in [3.8, 4) is 0 Å². The van der Waals surface area contributed by atoms with Gasteiger partial charge in [0.15, 0.2) is 0 Å². The Kier molecular flexibility index (Phi) is 12.0. The predicted octanol–water partition coefficient (Wildman–Crippen LogP) is -1.72. The molecule has 7 N–H and O–H groups in total. The third-order valence-corrected chi connectivity index (χ3v) is 5.59. The first-order valence-corrected chi connectivity index (χ1v) is 11.7. The van der Waals surface area contributed by atoms with Gasteiger partial charge in [-0.1, -0.05) is 0 Å². The minimum absolute atomic E-state index is 0.161. The van der Waals surface area contributed by atoms with Gasteiger partial charge in [0.25, 0.3) is 0 Å². The van der Waals surface area contributed by atoms with E-state index in [1.165, 1.54) is 18.7 Å². The van der Waals surface area contributed by atoms with Gasteiger partial charge in [-0.05, 0) is 51.2 Å². The number of carboxylic acids is 2. The van der Waals surface area contributed by atoms with E-state index in [2.05, 4.69) is 21.3 Å². The van der Waals surface area contributed by atoms with Crippen LogP contribution in [0.25, 0.3) is 0 Å². The van der Waals surface area contributed by atoms with Crippen LogP contribution in [0.2, 0.25) is 0 Å². The van der Waals surface area contributed by atoms with Gasteiger partial charge in [0, 0.05) is 6.42 Å². The average molecular weight is 477 g/mol. The largest absolute Gasteiger partial charge is 0.481 e. The van der Waals surface area contributed by atoms with Crippen LogP contribution >= 0.6 is 11.8 Å². The number of thioether (sulfide) groups is 1. The number of aliphatic carboxylic acids is 2. The van der Waals surface area contributed by atoms with Crippen molar-refractivity contribution in [3.63, 3.8) is 0 Å². The van der Waals surface area contributed by atoms with E-state index < -0.39 is 66.4 Å². The Morgan fingerprint density at radius 2 is 1.69 bits per heavy atom. The first-order chi connectivity index (χ1) is 15.1. The fourth-order valence-electron chi connectivity index (χ4n) is 3.13. The number of amides is 3. The fraction of sp³-hybridized carbons (Fsp3) is 0.737. The topological polar surface area (TPSA) is 194 Å². The van der Waals surface area contributed by atoms with Gasteiger partial charge in [-0.3, -0.25) is 19.2 Å². The van der Waals surface area contributed by atoms with Crippen LogP contribution in [0.4, 0.5) is 0 Å². The normalized spacial score (nSPS) is 19.3. The van der Waals surface area contributed by atoms with Gasteiger partial charge in [0.1, 0.15) is 18.1 Å². The number of hydrogen-bond acceptors (Lipinski definition) is 8.